The first kappa shape index (κ1) is 15.6. The molecule has 0 aromatic rings. The Labute approximate surface area is 101 Å². The predicted octanol–water partition coefficient (Wildman–Crippen LogP) is 2.50. The van der Waals surface area contributed by atoms with Crippen molar-refractivity contribution in [3.05, 3.63) is 0 Å². The molecule has 0 atom stereocenters. The maximum Gasteiger partial charge on any atom is 0.161 e. The largest absolute Gasteiger partial charge is 0.427 e. The Bertz CT molecular complexity index is 160. The molecule has 0 saturated heterocycles. The van der Waals surface area contributed by atoms with E-state index >= 15 is 0 Å². The van der Waals surface area contributed by atoms with Gasteiger partial charge in [0.2, 0.25) is 0 Å². The fourth-order valence-electron chi connectivity index (χ4n) is 2.19. The fraction of sp³-hybridized carbons (Fsp3) is 1.00. The third kappa shape index (κ3) is 6.68. The summed E-state index contributed by atoms with van der Waals surface area (Å²) < 4.78 is 8.10. The predicted molar refractivity (Wildman–Crippen MR) is 78.4 cm³/mol. The second-order valence-electron chi connectivity index (χ2n) is 6.19. The van der Waals surface area contributed by atoms with E-state index in [-0.39, 0.29) is 9.76 Å². The summed E-state index contributed by atoms with van der Waals surface area (Å²) in [7, 11) is -0.582. The van der Waals surface area contributed by atoms with E-state index in [1.807, 2.05) is 7.11 Å². The molecule has 0 aromatic carbocycles. The van der Waals surface area contributed by atoms with Gasteiger partial charge in [0, 0.05) is 7.11 Å². The average molecular weight is 264 g/mol. The maximum atomic E-state index is 5.24. The van der Waals surface area contributed by atoms with Gasteiger partial charge in [-0.2, -0.15) is 0 Å². The van der Waals surface area contributed by atoms with Gasteiger partial charge in [-0.3, -0.25) is 0 Å². The van der Waals surface area contributed by atoms with Crippen molar-refractivity contribution in [1.29, 1.82) is 0 Å². The number of hydrogen-bond donors (Lipinski definition) is 0. The van der Waals surface area contributed by atoms with Gasteiger partial charge in [-0.1, -0.05) is 39.3 Å². The van der Waals surface area contributed by atoms with Crippen molar-refractivity contribution >= 4 is 26.2 Å². The lowest BCUT2D eigenvalue weighted by Crippen LogP contribution is -2.59. The molecule has 0 N–H and O–H groups in total. The minimum Gasteiger partial charge on any atom is -0.427 e. The molecule has 5 heteroatoms. The highest BCUT2D eigenvalue weighted by molar-refractivity contribution is 6.89. The van der Waals surface area contributed by atoms with E-state index in [2.05, 4.69) is 43.5 Å². The Morgan fingerprint density at radius 1 is 1.00 bits per heavy atom. The summed E-state index contributed by atoms with van der Waals surface area (Å²) in [4.78, 5) is 0. The molecule has 0 radical (unpaired) electrons. The smallest absolute Gasteiger partial charge is 0.161 e. The molecule has 0 heterocycles. The highest BCUT2D eigenvalue weighted by Crippen LogP contribution is 2.20. The van der Waals surface area contributed by atoms with Crippen LogP contribution < -0.4 is 0 Å². The van der Waals surface area contributed by atoms with Gasteiger partial charge in [0.25, 0.3) is 0 Å². The molecule has 0 aliphatic heterocycles. The molecule has 0 aromatic heterocycles. The SMILES string of the molecule is CO[SiH2]CCCN([Si](C)(C)C)[Si](C)(C)C. The molecule has 0 rings (SSSR count). The van der Waals surface area contributed by atoms with Gasteiger partial charge < -0.3 is 8.66 Å². The minimum atomic E-state index is -1.11. The maximum absolute atomic E-state index is 5.24. The molecule has 0 fully saturated rings. The van der Waals surface area contributed by atoms with Crippen LogP contribution in [0.3, 0.4) is 0 Å². The lowest BCUT2D eigenvalue weighted by atomic mass is 10.5. The van der Waals surface area contributed by atoms with Gasteiger partial charge in [-0.05, 0) is 19.0 Å². The number of nitrogens with zero attached hydrogens (tertiary/aromatic N) is 1. The van der Waals surface area contributed by atoms with Crippen LogP contribution in [0, 0.1) is 0 Å². The van der Waals surface area contributed by atoms with Crippen LogP contribution >= 0.6 is 0 Å². The Kier molecular flexibility index (Phi) is 6.58. The van der Waals surface area contributed by atoms with Crippen molar-refractivity contribution in [3.8, 4) is 0 Å². The van der Waals surface area contributed by atoms with Crippen LogP contribution in [0.5, 0.6) is 0 Å². The van der Waals surface area contributed by atoms with Gasteiger partial charge in [0.15, 0.2) is 9.76 Å². The summed E-state index contributed by atoms with van der Waals surface area (Å²) in [5.74, 6) is 0. The Morgan fingerprint density at radius 3 is 1.80 bits per heavy atom. The Balaban J connectivity index is 4.17. The summed E-state index contributed by atoms with van der Waals surface area (Å²) in [6, 6.07) is 1.34. The van der Waals surface area contributed by atoms with Crippen LogP contribution in [0.4, 0.5) is 0 Å². The number of rotatable bonds is 7. The van der Waals surface area contributed by atoms with E-state index in [0.29, 0.717) is 0 Å². The van der Waals surface area contributed by atoms with Crippen molar-refractivity contribution in [1.82, 2.24) is 4.23 Å². The van der Waals surface area contributed by atoms with Gasteiger partial charge >= 0.3 is 0 Å². The van der Waals surface area contributed by atoms with Gasteiger partial charge in [0.1, 0.15) is 16.5 Å². The molecule has 0 saturated carbocycles. The van der Waals surface area contributed by atoms with E-state index < -0.39 is 16.5 Å². The molecule has 2 nitrogen and oxygen atoms in total. The monoisotopic (exact) mass is 263 g/mol. The van der Waals surface area contributed by atoms with E-state index in [1.165, 1.54) is 19.0 Å². The van der Waals surface area contributed by atoms with E-state index in [9.17, 15) is 0 Å². The zero-order valence-electron chi connectivity index (χ0n) is 11.7. The summed E-state index contributed by atoms with van der Waals surface area (Å²) >= 11 is 0. The first-order valence-electron chi connectivity index (χ1n) is 5.96. The second-order valence-corrected chi connectivity index (χ2v) is 18.1. The lowest BCUT2D eigenvalue weighted by Gasteiger charge is -2.43. The van der Waals surface area contributed by atoms with Crippen LogP contribution in [0.1, 0.15) is 6.42 Å². The normalized spacial score (nSPS) is 14.4. The Hall–Kier alpha value is 0.571. The quantitative estimate of drug-likeness (QED) is 0.517. The molecule has 0 amide bonds. The highest BCUT2D eigenvalue weighted by Gasteiger charge is 2.33. The van der Waals surface area contributed by atoms with Crippen molar-refractivity contribution in [2.75, 3.05) is 13.7 Å². The van der Waals surface area contributed by atoms with E-state index in [4.69, 9.17) is 4.43 Å². The molecule has 15 heavy (non-hydrogen) atoms. The van der Waals surface area contributed by atoms with Crippen molar-refractivity contribution in [2.24, 2.45) is 0 Å². The second kappa shape index (κ2) is 6.34. The van der Waals surface area contributed by atoms with Gasteiger partial charge in [0.05, 0.1) is 0 Å². The van der Waals surface area contributed by atoms with Crippen LogP contribution in [0.15, 0.2) is 0 Å². The molecule has 0 unspecified atom stereocenters. The average Bonchev–Trinajstić information content (AvgIpc) is 1.99. The summed E-state index contributed by atoms with van der Waals surface area (Å²) in [5.41, 5.74) is 0. The molecular formula is C10H29NOSi3. The highest BCUT2D eigenvalue weighted by atomic mass is 28.4. The lowest BCUT2D eigenvalue weighted by molar-refractivity contribution is 0.437. The fourth-order valence-corrected chi connectivity index (χ4v) is 12.6. The summed E-state index contributed by atoms with van der Waals surface area (Å²) in [6.07, 6.45) is 1.34. The molecule has 0 bridgehead atoms. The number of hydrogen-bond acceptors (Lipinski definition) is 2. The van der Waals surface area contributed by atoms with Crippen LogP contribution in [0.25, 0.3) is 0 Å². The van der Waals surface area contributed by atoms with Crippen LogP contribution in [0.2, 0.25) is 45.3 Å². The van der Waals surface area contributed by atoms with Crippen LogP contribution in [-0.2, 0) is 4.43 Å². The van der Waals surface area contributed by atoms with Crippen molar-refractivity contribution in [2.45, 2.75) is 51.7 Å². The first-order valence-corrected chi connectivity index (χ1v) is 14.4. The first-order chi connectivity index (χ1) is 6.69. The third-order valence-electron chi connectivity index (χ3n) is 2.60. The molecule has 0 spiro atoms. The zero-order valence-corrected chi connectivity index (χ0v) is 15.1. The van der Waals surface area contributed by atoms with E-state index in [0.717, 1.165) is 0 Å². The molecular weight excluding hydrogens is 234 g/mol. The molecule has 0 aliphatic carbocycles. The standard InChI is InChI=1S/C10H29NOSi3/c1-12-13-10-8-9-11(14(2,3)4)15(5,6)7/h8-10,13H2,1-7H3. The molecule has 92 valence electrons. The summed E-state index contributed by atoms with van der Waals surface area (Å²) in [6.45, 7) is 16.1. The minimum absolute atomic E-state index is 0.205. The summed E-state index contributed by atoms with van der Waals surface area (Å²) in [5, 5.41) is 0. The van der Waals surface area contributed by atoms with Crippen molar-refractivity contribution in [3.63, 3.8) is 0 Å². The Morgan fingerprint density at radius 2 is 1.47 bits per heavy atom. The van der Waals surface area contributed by atoms with Crippen molar-refractivity contribution < 1.29 is 4.43 Å². The van der Waals surface area contributed by atoms with E-state index in [1.54, 1.807) is 0 Å². The van der Waals surface area contributed by atoms with Gasteiger partial charge in [-0.15, -0.1) is 0 Å². The third-order valence-corrected chi connectivity index (χ3v) is 11.5. The van der Waals surface area contributed by atoms with Gasteiger partial charge in [-0.25, -0.2) is 0 Å². The van der Waals surface area contributed by atoms with Crippen LogP contribution in [-0.4, -0.2) is 44.1 Å². The topological polar surface area (TPSA) is 12.5 Å². The molecule has 0 aliphatic rings. The zero-order chi connectivity index (χ0) is 12.1.